The van der Waals surface area contributed by atoms with Gasteiger partial charge in [-0.3, -0.25) is 4.79 Å². The number of benzene rings is 2. The number of nitrogens with two attached hydrogens (primary N) is 1. The summed E-state index contributed by atoms with van der Waals surface area (Å²) in [7, 11) is 0. The van der Waals surface area contributed by atoms with E-state index in [2.05, 4.69) is 34.8 Å². The highest BCUT2D eigenvalue weighted by molar-refractivity contribution is 9.10. The van der Waals surface area contributed by atoms with E-state index in [9.17, 15) is 26.7 Å². The van der Waals surface area contributed by atoms with Crippen LogP contribution in [0.4, 0.5) is 22.0 Å². The quantitative estimate of drug-likeness (QED) is 0.364. The molecular formula is C22H16BrF5N2O3. The first-order valence-corrected chi connectivity index (χ1v) is 10.1. The predicted octanol–water partition coefficient (Wildman–Crippen LogP) is 6.29. The topological polar surface area (TPSA) is 78.4 Å². The van der Waals surface area contributed by atoms with Crippen LogP contribution in [0.25, 0.3) is 11.3 Å². The van der Waals surface area contributed by atoms with Crippen LogP contribution in [0.3, 0.4) is 0 Å². The fraction of sp³-hybridized carbons (Fsp3) is 0.182. The van der Waals surface area contributed by atoms with Crippen LogP contribution in [0, 0.1) is 31.4 Å². The third-order valence-electron chi connectivity index (χ3n) is 4.48. The fourth-order valence-corrected chi connectivity index (χ4v) is 3.44. The minimum Gasteiger partial charge on any atom is -0.478 e. The number of carbonyl (C=O) groups is 1. The van der Waals surface area contributed by atoms with Gasteiger partial charge in [0.15, 0.2) is 22.3 Å². The van der Waals surface area contributed by atoms with Gasteiger partial charge in [0.25, 0.3) is 5.91 Å². The largest absolute Gasteiger partial charge is 0.478 e. The highest BCUT2D eigenvalue weighted by Gasteiger charge is 2.31. The van der Waals surface area contributed by atoms with E-state index >= 15 is 0 Å². The van der Waals surface area contributed by atoms with Gasteiger partial charge in [-0.15, -0.1) is 0 Å². The van der Waals surface area contributed by atoms with Crippen LogP contribution >= 0.6 is 15.9 Å². The number of carbonyl (C=O) groups excluding carboxylic acids is 1. The zero-order valence-electron chi connectivity index (χ0n) is 16.8. The third kappa shape index (κ3) is 5.52. The maximum atomic E-state index is 14.6. The summed E-state index contributed by atoms with van der Waals surface area (Å²) in [4.78, 5) is 15.6. The molecule has 0 aliphatic carbocycles. The van der Waals surface area contributed by atoms with Crippen molar-refractivity contribution in [3.63, 3.8) is 0 Å². The first-order valence-electron chi connectivity index (χ1n) is 9.33. The number of aromatic nitrogens is 1. The highest BCUT2D eigenvalue weighted by atomic mass is 79.9. The average Bonchev–Trinajstić information content (AvgIpc) is 3.10. The first-order chi connectivity index (χ1) is 15.4. The van der Waals surface area contributed by atoms with Crippen molar-refractivity contribution >= 4 is 21.8 Å². The molecule has 1 unspecified atom stereocenters. The van der Waals surface area contributed by atoms with Crippen LogP contribution in [0.1, 0.15) is 34.3 Å². The van der Waals surface area contributed by atoms with Gasteiger partial charge in [-0.05, 0) is 52.5 Å². The first kappa shape index (κ1) is 24.7. The molecule has 174 valence electrons. The van der Waals surface area contributed by atoms with E-state index in [0.29, 0.717) is 5.56 Å². The van der Waals surface area contributed by atoms with Crippen LogP contribution in [0.5, 0.6) is 5.75 Å². The summed E-state index contributed by atoms with van der Waals surface area (Å²) in [6.45, 7) is 7.48. The molecule has 0 spiro atoms. The zero-order chi connectivity index (χ0) is 24.5. The Labute approximate surface area is 193 Å². The summed E-state index contributed by atoms with van der Waals surface area (Å²) in [6.07, 6.45) is -5.50. The molecule has 5 nitrogen and oxygen atoms in total. The van der Waals surface area contributed by atoms with E-state index in [1.807, 2.05) is 0 Å². The summed E-state index contributed by atoms with van der Waals surface area (Å²) in [5, 5.41) is 0. The lowest BCUT2D eigenvalue weighted by Crippen LogP contribution is -2.18. The average molecular weight is 531 g/mol. The number of halogens is 6. The normalized spacial score (nSPS) is 12.8. The van der Waals surface area contributed by atoms with Gasteiger partial charge in [0, 0.05) is 5.56 Å². The highest BCUT2D eigenvalue weighted by Crippen LogP contribution is 2.37. The van der Waals surface area contributed by atoms with Gasteiger partial charge in [-0.2, -0.15) is 13.2 Å². The second-order valence-electron chi connectivity index (χ2n) is 7.06. The van der Waals surface area contributed by atoms with E-state index in [1.165, 1.54) is 12.1 Å². The Hall–Kier alpha value is -2.95. The minimum absolute atomic E-state index is 0.0709. The molecule has 3 rings (SSSR count). The van der Waals surface area contributed by atoms with Crippen LogP contribution < -0.4 is 10.5 Å². The summed E-state index contributed by atoms with van der Waals surface area (Å²) >= 11 is 3.16. The second kappa shape index (κ2) is 9.50. The molecule has 1 heterocycles. The van der Waals surface area contributed by atoms with E-state index in [-0.39, 0.29) is 22.7 Å². The Kier molecular flexibility index (Phi) is 7.11. The number of amides is 1. The molecule has 33 heavy (non-hydrogen) atoms. The van der Waals surface area contributed by atoms with Gasteiger partial charge < -0.3 is 14.9 Å². The maximum Gasteiger partial charge on any atom is 0.416 e. The zero-order valence-corrected chi connectivity index (χ0v) is 18.3. The molecule has 1 aromatic heterocycles. The standard InChI is InChI=1S/C22H16BrF5N2O3/c1-10(2)9-15(32-14-8-7-13(24)16(17(14)25)20(29)31)21-30-18(19(23)33-21)11-3-5-12(6-4-11)22(26,27)28/h3-8,10,15H,1-2,9H2,(H2,29,31). The molecule has 0 saturated heterocycles. The molecule has 0 aliphatic rings. The van der Waals surface area contributed by atoms with Crippen molar-refractivity contribution < 1.29 is 35.9 Å². The Balaban J connectivity index is 1.97. The van der Waals surface area contributed by atoms with Gasteiger partial charge in [0.2, 0.25) is 5.89 Å². The van der Waals surface area contributed by atoms with Gasteiger partial charge >= 0.3 is 6.18 Å². The van der Waals surface area contributed by atoms with Crippen molar-refractivity contribution in [2.24, 2.45) is 11.7 Å². The lowest BCUT2D eigenvalue weighted by molar-refractivity contribution is -0.137. The molecule has 2 N–H and O–H groups in total. The number of hydrogen-bond acceptors (Lipinski definition) is 4. The van der Waals surface area contributed by atoms with Crippen LogP contribution in [0.15, 0.2) is 45.5 Å². The summed E-state index contributed by atoms with van der Waals surface area (Å²) < 4.78 is 78.1. The van der Waals surface area contributed by atoms with Crippen molar-refractivity contribution in [3.8, 4) is 17.0 Å². The van der Waals surface area contributed by atoms with E-state index in [4.69, 9.17) is 14.9 Å². The third-order valence-corrected chi connectivity index (χ3v) is 5.02. The minimum atomic E-state index is -4.50. The SMILES string of the molecule is [CH2]C([CH2])CC(Oc1ccc(F)c(C(N)=O)c1F)c1nc(-c2ccc(C(F)(F)F)cc2)c(Br)o1. The number of nitrogens with zero attached hydrogens (tertiary/aromatic N) is 1. The van der Waals surface area contributed by atoms with Crippen LogP contribution in [0.2, 0.25) is 0 Å². The molecular weight excluding hydrogens is 515 g/mol. The number of rotatable bonds is 7. The molecule has 0 aliphatic heterocycles. The second-order valence-corrected chi connectivity index (χ2v) is 7.78. The van der Waals surface area contributed by atoms with Gasteiger partial charge in [0.1, 0.15) is 17.1 Å². The Bertz CT molecular complexity index is 1160. The van der Waals surface area contributed by atoms with Crippen molar-refractivity contribution in [3.05, 3.63) is 83.6 Å². The molecule has 3 aromatic rings. The maximum absolute atomic E-state index is 14.6. The lowest BCUT2D eigenvalue weighted by Gasteiger charge is -2.19. The van der Waals surface area contributed by atoms with Crippen molar-refractivity contribution in [2.45, 2.75) is 18.7 Å². The fourth-order valence-electron chi connectivity index (χ4n) is 2.96. The number of alkyl halides is 3. The monoisotopic (exact) mass is 530 g/mol. The summed E-state index contributed by atoms with van der Waals surface area (Å²) in [5.41, 5.74) is 3.72. The number of primary amides is 1. The predicted molar refractivity (Wildman–Crippen MR) is 112 cm³/mol. The molecule has 0 fully saturated rings. The van der Waals surface area contributed by atoms with E-state index in [1.54, 1.807) is 0 Å². The molecule has 1 amide bonds. The van der Waals surface area contributed by atoms with Gasteiger partial charge in [0.05, 0.1) is 5.56 Å². The lowest BCUT2D eigenvalue weighted by atomic mass is 10.1. The van der Waals surface area contributed by atoms with Crippen LogP contribution in [-0.2, 0) is 6.18 Å². The summed E-state index contributed by atoms with van der Waals surface area (Å²) in [5.74, 6) is -4.80. The molecule has 2 radical (unpaired) electrons. The Morgan fingerprint density at radius 2 is 1.79 bits per heavy atom. The smallest absolute Gasteiger partial charge is 0.416 e. The van der Waals surface area contributed by atoms with Gasteiger partial charge in [-0.25, -0.2) is 13.8 Å². The molecule has 0 saturated carbocycles. The van der Waals surface area contributed by atoms with E-state index < -0.39 is 52.6 Å². The van der Waals surface area contributed by atoms with Crippen molar-refractivity contribution in [1.82, 2.24) is 4.98 Å². The number of hydrogen-bond donors (Lipinski definition) is 1. The molecule has 2 aromatic carbocycles. The number of oxazole rings is 1. The molecule has 11 heteroatoms. The Morgan fingerprint density at radius 3 is 2.33 bits per heavy atom. The van der Waals surface area contributed by atoms with Crippen molar-refractivity contribution in [1.29, 1.82) is 0 Å². The molecule has 1 atom stereocenters. The Morgan fingerprint density at radius 1 is 1.15 bits per heavy atom. The van der Waals surface area contributed by atoms with Crippen LogP contribution in [-0.4, -0.2) is 10.9 Å². The molecule has 0 bridgehead atoms. The van der Waals surface area contributed by atoms with Gasteiger partial charge in [-0.1, -0.05) is 26.0 Å². The van der Waals surface area contributed by atoms with Crippen molar-refractivity contribution in [2.75, 3.05) is 0 Å². The number of ether oxygens (including phenoxy) is 1. The summed E-state index contributed by atoms with van der Waals surface area (Å²) in [6, 6.07) is 6.02. The van der Waals surface area contributed by atoms with E-state index in [0.717, 1.165) is 24.3 Å².